The van der Waals surface area contributed by atoms with Crippen LogP contribution in [0.2, 0.25) is 19.6 Å². The summed E-state index contributed by atoms with van der Waals surface area (Å²) in [6.07, 6.45) is 1.56. The van der Waals surface area contributed by atoms with Gasteiger partial charge in [-0.2, -0.15) is 0 Å². The second-order valence-electron chi connectivity index (χ2n) is 6.29. The Kier molecular flexibility index (Phi) is 4.04. The first-order valence-corrected chi connectivity index (χ1v) is 11.0. The fourth-order valence-corrected chi connectivity index (χ4v) is 2.72. The fourth-order valence-electron chi connectivity index (χ4n) is 2.20. The van der Waals surface area contributed by atoms with Gasteiger partial charge in [0.2, 0.25) is 0 Å². The van der Waals surface area contributed by atoms with Crippen LogP contribution in [0.5, 0.6) is 0 Å². The van der Waals surface area contributed by atoms with Crippen LogP contribution in [0.4, 0.5) is 5.69 Å². The first-order chi connectivity index (χ1) is 11.4. The van der Waals surface area contributed by atoms with Gasteiger partial charge >= 0.3 is 0 Å². The largest absolute Gasteiger partial charge is 0.400 e. The predicted molar refractivity (Wildman–Crippen MR) is 95.8 cm³/mol. The second kappa shape index (κ2) is 6.48. The molecular weight excluding hydrogens is 302 g/mol. The van der Waals surface area contributed by atoms with E-state index in [4.69, 9.17) is 10.8 Å². The van der Waals surface area contributed by atoms with Crippen LogP contribution in [-0.4, -0.2) is 17.9 Å². The fraction of sp³-hybridized carbons (Fsp3) is 0.222. The minimum absolute atomic E-state index is 0.376. The molecular formula is C18H21N3OSi. The highest BCUT2D eigenvalue weighted by Crippen LogP contribution is 2.13. The Morgan fingerprint density at radius 3 is 2.65 bits per heavy atom. The first-order valence-electron chi connectivity index (χ1n) is 8.12. The molecule has 0 spiro atoms. The number of hydrogen-bond acceptors (Lipinski definition) is 3. The highest BCUT2D eigenvalue weighted by molar-refractivity contribution is 6.69. The molecule has 5 heteroatoms. The molecule has 0 bridgehead atoms. The number of benzene rings is 1. The van der Waals surface area contributed by atoms with Crippen LogP contribution in [0.15, 0.2) is 65.8 Å². The molecule has 0 saturated heterocycles. The highest BCUT2D eigenvalue weighted by Gasteiger charge is 2.15. The van der Waals surface area contributed by atoms with Crippen molar-refractivity contribution in [2.24, 2.45) is 4.99 Å². The summed E-state index contributed by atoms with van der Waals surface area (Å²) in [5.74, 6) is 0. The van der Waals surface area contributed by atoms with Gasteiger partial charge in [-0.15, -0.1) is 0 Å². The zero-order valence-electron chi connectivity index (χ0n) is 14.7. The molecule has 23 heavy (non-hydrogen) atoms. The van der Waals surface area contributed by atoms with Crippen molar-refractivity contribution in [3.63, 3.8) is 0 Å². The lowest BCUT2D eigenvalue weighted by atomic mass is 10.3. The van der Waals surface area contributed by atoms with Crippen LogP contribution in [0.1, 0.15) is 1.37 Å². The van der Waals surface area contributed by atoms with Crippen LogP contribution in [0, 0.1) is 0 Å². The molecule has 0 aliphatic carbocycles. The van der Waals surface area contributed by atoms with Gasteiger partial charge in [0.25, 0.3) is 0 Å². The number of nitrogens with zero attached hydrogens (tertiary/aromatic N) is 3. The molecule has 0 radical (unpaired) electrons. The molecule has 0 unspecified atom stereocenters. The van der Waals surface area contributed by atoms with Gasteiger partial charge in [-0.05, 0) is 56.0 Å². The topological polar surface area (TPSA) is 39.4 Å². The van der Waals surface area contributed by atoms with Crippen molar-refractivity contribution < 1.29 is 5.80 Å². The van der Waals surface area contributed by atoms with Crippen molar-refractivity contribution in [3.8, 4) is 0 Å². The quantitative estimate of drug-likeness (QED) is 0.678. The van der Waals surface area contributed by atoms with Crippen LogP contribution in [0.3, 0.4) is 0 Å². The summed E-state index contributed by atoms with van der Waals surface area (Å²) in [6.45, 7) is 6.87. The summed E-state index contributed by atoms with van der Waals surface area (Å²) in [7, 11) is -1.69. The number of pyridine rings is 2. The molecule has 3 aromatic rings. The zero-order valence-corrected chi connectivity index (χ0v) is 14.7. The lowest BCUT2D eigenvalue weighted by Gasteiger charge is -2.20. The van der Waals surface area contributed by atoms with Gasteiger partial charge in [0.05, 0.1) is 18.1 Å². The van der Waals surface area contributed by atoms with Crippen molar-refractivity contribution in [2.75, 3.05) is 0 Å². The second-order valence-corrected chi connectivity index (χ2v) is 10.8. The molecule has 0 fully saturated rings. The Morgan fingerprint density at radius 2 is 1.91 bits per heavy atom. The molecule has 4 nitrogen and oxygen atoms in total. The van der Waals surface area contributed by atoms with E-state index >= 15 is 0 Å². The third-order valence-corrected chi connectivity index (χ3v) is 4.34. The van der Waals surface area contributed by atoms with Gasteiger partial charge in [-0.3, -0.25) is 4.98 Å². The maximum absolute atomic E-state index is 7.88. The molecule has 0 saturated carbocycles. The molecule has 3 rings (SSSR count). The van der Waals surface area contributed by atoms with Crippen molar-refractivity contribution in [1.29, 1.82) is 0 Å². The standard InChI is InChI=1S/C18H21N3OSi/c1-23(2,3)22-14-21-17-10-7-13-19-16(17)11-12-18(21)20-15-8-5-4-6-9-15/h4-13H,14H2,1-3H3/i7D. The third-order valence-electron chi connectivity index (χ3n) is 3.34. The summed E-state index contributed by atoms with van der Waals surface area (Å²) in [5.41, 5.74) is 3.36. The summed E-state index contributed by atoms with van der Waals surface area (Å²) >= 11 is 0. The van der Waals surface area contributed by atoms with Gasteiger partial charge < -0.3 is 8.99 Å². The van der Waals surface area contributed by atoms with Gasteiger partial charge in [-0.25, -0.2) is 4.99 Å². The van der Waals surface area contributed by atoms with E-state index in [1.807, 2.05) is 47.0 Å². The van der Waals surface area contributed by atoms with Crippen LogP contribution in [0.25, 0.3) is 11.0 Å². The Balaban J connectivity index is 2.19. The van der Waals surface area contributed by atoms with Crippen molar-refractivity contribution in [1.82, 2.24) is 9.55 Å². The van der Waals surface area contributed by atoms with Gasteiger partial charge in [0.1, 0.15) is 12.2 Å². The lowest BCUT2D eigenvalue weighted by molar-refractivity contribution is 0.229. The number of hydrogen-bond donors (Lipinski definition) is 0. The smallest absolute Gasteiger partial charge is 0.186 e. The Morgan fingerprint density at radius 1 is 1.13 bits per heavy atom. The monoisotopic (exact) mass is 324 g/mol. The minimum Gasteiger partial charge on any atom is -0.400 e. The molecule has 0 aliphatic rings. The average molecular weight is 324 g/mol. The van der Waals surface area contributed by atoms with E-state index in [1.54, 1.807) is 12.3 Å². The van der Waals surface area contributed by atoms with E-state index in [2.05, 4.69) is 24.6 Å². The zero-order chi connectivity index (χ0) is 17.2. The van der Waals surface area contributed by atoms with Crippen molar-refractivity contribution >= 4 is 25.0 Å². The van der Waals surface area contributed by atoms with Gasteiger partial charge in [0, 0.05) is 6.20 Å². The number of fused-ring (bicyclic) bond motifs is 1. The Hall–Kier alpha value is -2.24. The van der Waals surface area contributed by atoms with Crippen LogP contribution in [-0.2, 0) is 11.2 Å². The summed E-state index contributed by atoms with van der Waals surface area (Å²) in [6, 6.07) is 15.9. The molecule has 0 amide bonds. The number of para-hydroxylation sites is 1. The maximum Gasteiger partial charge on any atom is 0.186 e. The molecule has 0 atom stereocenters. The normalized spacial score (nSPS) is 13.3. The molecule has 118 valence electrons. The SMILES string of the molecule is [2H]c1cnc2ccc(=Nc3ccccc3)n(CO[Si](C)(C)C)c2c1. The third kappa shape index (κ3) is 3.94. The summed E-state index contributed by atoms with van der Waals surface area (Å²) in [5, 5.41) is 0. The van der Waals surface area contributed by atoms with Gasteiger partial charge in [0.15, 0.2) is 8.32 Å². The van der Waals surface area contributed by atoms with E-state index in [-0.39, 0.29) is 0 Å². The summed E-state index contributed by atoms with van der Waals surface area (Å²) in [4.78, 5) is 9.07. The molecule has 2 heterocycles. The van der Waals surface area contributed by atoms with Gasteiger partial charge in [-0.1, -0.05) is 18.2 Å². The Bertz CT molecular complexity index is 917. The van der Waals surface area contributed by atoms with E-state index in [0.29, 0.717) is 12.8 Å². The van der Waals surface area contributed by atoms with E-state index in [1.165, 1.54) is 0 Å². The maximum atomic E-state index is 7.88. The van der Waals surface area contributed by atoms with Crippen LogP contribution >= 0.6 is 0 Å². The minimum atomic E-state index is -1.69. The Labute approximate surface area is 138 Å². The van der Waals surface area contributed by atoms with E-state index < -0.39 is 8.32 Å². The molecule has 0 aliphatic heterocycles. The highest BCUT2D eigenvalue weighted by atomic mass is 28.4. The van der Waals surface area contributed by atoms with Crippen molar-refractivity contribution in [2.45, 2.75) is 26.4 Å². The number of rotatable bonds is 4. The molecule has 0 N–H and O–H groups in total. The van der Waals surface area contributed by atoms with Crippen molar-refractivity contribution in [3.05, 3.63) is 66.3 Å². The molecule has 1 aromatic carbocycles. The number of aromatic nitrogens is 2. The summed E-state index contributed by atoms with van der Waals surface area (Å²) < 4.78 is 16.0. The van der Waals surface area contributed by atoms with E-state index in [0.717, 1.165) is 22.2 Å². The average Bonchev–Trinajstić information content (AvgIpc) is 2.53. The van der Waals surface area contributed by atoms with E-state index in [9.17, 15) is 0 Å². The molecule has 2 aromatic heterocycles. The first kappa shape index (κ1) is 14.4. The lowest BCUT2D eigenvalue weighted by Crippen LogP contribution is -2.31. The predicted octanol–water partition coefficient (Wildman–Crippen LogP) is 4.08. The van der Waals surface area contributed by atoms with Crippen LogP contribution < -0.4 is 5.49 Å².